The summed E-state index contributed by atoms with van der Waals surface area (Å²) >= 11 is 0. The number of aryl methyl sites for hydroxylation is 3. The monoisotopic (exact) mass is 287 g/mol. The second-order valence-corrected chi connectivity index (χ2v) is 7.10. The van der Waals surface area contributed by atoms with Crippen molar-refractivity contribution < 1.29 is 5.85 Å². The van der Waals surface area contributed by atoms with Crippen LogP contribution in [-0.4, -0.2) is 25.0 Å². The Balaban J connectivity index is 0.00000220. The Morgan fingerprint density at radius 2 is 2.10 bits per heavy atom. The Bertz CT molecular complexity index is 638. The summed E-state index contributed by atoms with van der Waals surface area (Å²) in [4.78, 5) is 4.56. The van der Waals surface area contributed by atoms with E-state index >= 15 is 0 Å². The fourth-order valence-corrected chi connectivity index (χ4v) is 2.52. The van der Waals surface area contributed by atoms with Crippen molar-refractivity contribution in [2.45, 2.75) is 26.9 Å². The highest BCUT2D eigenvalue weighted by Crippen LogP contribution is 2.29. The van der Waals surface area contributed by atoms with Gasteiger partial charge in [-0.3, -0.25) is 9.67 Å². The summed E-state index contributed by atoms with van der Waals surface area (Å²) in [6, 6.07) is 6.09. The van der Waals surface area contributed by atoms with Crippen LogP contribution >= 0.6 is 0 Å². The number of nitrogens with zero attached hydrogens (tertiary/aromatic N) is 3. The van der Waals surface area contributed by atoms with Crippen LogP contribution < -0.4 is 4.43 Å². The highest BCUT2D eigenvalue weighted by atomic mass is 28.3. The first-order valence-electron chi connectivity index (χ1n) is 6.58. The maximum atomic E-state index is 5.92. The van der Waals surface area contributed by atoms with E-state index in [4.69, 9.17) is 4.43 Å². The lowest BCUT2D eigenvalue weighted by Crippen LogP contribution is -2.11. The van der Waals surface area contributed by atoms with Crippen LogP contribution in [0.2, 0.25) is 13.1 Å². The van der Waals surface area contributed by atoms with Gasteiger partial charge in [0.1, 0.15) is 11.4 Å². The molecule has 20 heavy (non-hydrogen) atoms. The van der Waals surface area contributed by atoms with E-state index in [1.165, 1.54) is 5.56 Å². The average Bonchev–Trinajstić information content (AvgIpc) is 2.66. The van der Waals surface area contributed by atoms with Crippen LogP contribution in [0.4, 0.5) is 5.69 Å². The van der Waals surface area contributed by atoms with E-state index in [2.05, 4.69) is 30.1 Å². The van der Waals surface area contributed by atoms with Crippen LogP contribution in [0.25, 0.3) is 0 Å². The Hall–Kier alpha value is -1.88. The molecule has 2 aromatic rings. The van der Waals surface area contributed by atoms with Gasteiger partial charge in [-0.1, -0.05) is 6.07 Å². The summed E-state index contributed by atoms with van der Waals surface area (Å²) in [7, 11) is 1.11. The van der Waals surface area contributed by atoms with Crippen LogP contribution in [-0.2, 0) is 7.05 Å². The lowest BCUT2D eigenvalue weighted by atomic mass is 10.2. The molecule has 0 bridgehead atoms. The third kappa shape index (κ3) is 3.57. The number of rotatable bonds is 4. The Labute approximate surface area is 123 Å². The first-order chi connectivity index (χ1) is 9.45. The molecule has 1 aromatic heterocycles. The van der Waals surface area contributed by atoms with Gasteiger partial charge in [-0.15, -0.1) is 0 Å². The zero-order valence-corrected chi connectivity index (χ0v) is 13.6. The van der Waals surface area contributed by atoms with Gasteiger partial charge >= 0.3 is 1.43 Å². The zero-order chi connectivity index (χ0) is 14.7. The minimum atomic E-state index is -0.802. The molecule has 0 aliphatic heterocycles. The quantitative estimate of drug-likeness (QED) is 0.637. The average molecular weight is 287 g/mol. The molecule has 0 unspecified atom stereocenters. The Kier molecular flexibility index (Phi) is 4.39. The summed E-state index contributed by atoms with van der Waals surface area (Å²) < 4.78 is 7.71. The van der Waals surface area contributed by atoms with Crippen molar-refractivity contribution in [3.05, 3.63) is 41.2 Å². The van der Waals surface area contributed by atoms with Gasteiger partial charge in [-0.2, -0.15) is 5.10 Å². The first kappa shape index (κ1) is 14.5. The number of aromatic nitrogens is 2. The maximum Gasteiger partial charge on any atom is 1.00 e. The van der Waals surface area contributed by atoms with Gasteiger partial charge in [0.25, 0.3) is 9.04 Å². The van der Waals surface area contributed by atoms with E-state index < -0.39 is 9.04 Å². The maximum absolute atomic E-state index is 5.92. The smallest absolute Gasteiger partial charge is 0.541 e. The lowest BCUT2D eigenvalue weighted by Gasteiger charge is -2.11. The van der Waals surface area contributed by atoms with E-state index in [9.17, 15) is 0 Å². The van der Waals surface area contributed by atoms with Crippen LogP contribution in [0.1, 0.15) is 18.2 Å². The molecule has 105 valence electrons. The van der Waals surface area contributed by atoms with Crippen LogP contribution in [0, 0.1) is 13.8 Å². The third-order valence-corrected chi connectivity index (χ3v) is 3.45. The third-order valence-electron chi connectivity index (χ3n) is 2.82. The van der Waals surface area contributed by atoms with Crippen LogP contribution in [0.3, 0.4) is 0 Å². The van der Waals surface area contributed by atoms with Crippen LogP contribution in [0.15, 0.2) is 29.4 Å². The predicted octanol–water partition coefficient (Wildman–Crippen LogP) is 3.53. The summed E-state index contributed by atoms with van der Waals surface area (Å²) in [5.74, 6) is 0.863. The molecule has 0 N–H and O–H groups in total. The van der Waals surface area contributed by atoms with E-state index in [0.29, 0.717) is 0 Å². The summed E-state index contributed by atoms with van der Waals surface area (Å²) in [5.41, 5.74) is 4.05. The van der Waals surface area contributed by atoms with Gasteiger partial charge in [0, 0.05) is 25.0 Å². The van der Waals surface area contributed by atoms with E-state index in [1.54, 1.807) is 4.68 Å². The Morgan fingerprint density at radius 1 is 1.35 bits per heavy atom. The molecular formula is C15H21N3OSi+. The Morgan fingerprint density at radius 3 is 2.70 bits per heavy atom. The van der Waals surface area contributed by atoms with Crippen molar-refractivity contribution in [3.8, 4) is 5.75 Å². The van der Waals surface area contributed by atoms with Gasteiger partial charge in [0.05, 0.1) is 5.69 Å². The minimum absolute atomic E-state index is 0. The van der Waals surface area contributed by atoms with Crippen molar-refractivity contribution in [1.29, 1.82) is 0 Å². The normalized spacial score (nSPS) is 11.5. The van der Waals surface area contributed by atoms with Crippen molar-refractivity contribution in [3.63, 3.8) is 0 Å². The van der Waals surface area contributed by atoms with Crippen molar-refractivity contribution in [1.82, 2.24) is 9.78 Å². The molecule has 0 fully saturated rings. The molecule has 5 heteroatoms. The fraction of sp³-hybridized carbons (Fsp3) is 0.333. The second-order valence-electron chi connectivity index (χ2n) is 5.08. The number of aliphatic imine (C=N–C) groups is 1. The molecule has 0 atom stereocenters. The number of benzene rings is 1. The molecule has 0 aliphatic rings. The van der Waals surface area contributed by atoms with Gasteiger partial charge in [0.2, 0.25) is 0 Å². The molecule has 0 saturated carbocycles. The molecule has 1 heterocycles. The molecular weight excluding hydrogens is 266 g/mol. The van der Waals surface area contributed by atoms with E-state index in [-0.39, 0.29) is 1.43 Å². The van der Waals surface area contributed by atoms with Crippen molar-refractivity contribution in [2.75, 3.05) is 0 Å². The van der Waals surface area contributed by atoms with E-state index in [1.807, 2.05) is 44.6 Å². The molecule has 2 rings (SSSR count). The standard InChI is InChI=1S/C15H20N3OSi/c1-11-6-7-14(15(8-11)19-20(4)5)16-9-13-10-18(3)17-12(13)2/h6-10H,1-5H3/p+1. The fourth-order valence-electron chi connectivity index (χ4n) is 1.91. The van der Waals surface area contributed by atoms with E-state index in [0.717, 1.165) is 22.7 Å². The minimum Gasteiger partial charge on any atom is -0.541 e. The highest BCUT2D eigenvalue weighted by Gasteiger charge is 2.07. The molecule has 4 nitrogen and oxygen atoms in total. The van der Waals surface area contributed by atoms with Gasteiger partial charge in [-0.25, -0.2) is 0 Å². The zero-order valence-electron chi connectivity index (χ0n) is 13.6. The molecule has 1 aromatic carbocycles. The van der Waals surface area contributed by atoms with Gasteiger partial charge in [0.15, 0.2) is 0 Å². The molecule has 0 spiro atoms. The van der Waals surface area contributed by atoms with Crippen LogP contribution in [0.5, 0.6) is 5.75 Å². The molecule has 0 aliphatic carbocycles. The van der Waals surface area contributed by atoms with Gasteiger partial charge in [-0.05, 0) is 44.6 Å². The predicted molar refractivity (Wildman–Crippen MR) is 85.6 cm³/mol. The van der Waals surface area contributed by atoms with Crippen molar-refractivity contribution in [2.24, 2.45) is 12.0 Å². The number of hydrogen-bond acceptors (Lipinski definition) is 3. The number of hydrogen-bond donors (Lipinski definition) is 0. The first-order valence-corrected chi connectivity index (χ1v) is 8.99. The van der Waals surface area contributed by atoms with Crippen molar-refractivity contribution >= 4 is 20.9 Å². The topological polar surface area (TPSA) is 39.4 Å². The molecule has 0 amide bonds. The second kappa shape index (κ2) is 6.05. The lowest BCUT2D eigenvalue weighted by molar-refractivity contribution is 0.581. The van der Waals surface area contributed by atoms with Gasteiger partial charge < -0.3 is 4.43 Å². The molecule has 1 radical (unpaired) electrons. The SMILES string of the molecule is Cc1ccc(N=Cc2cn(C)nc2C)c(O[Si](C)C)c1.[H+]. The largest absolute Gasteiger partial charge is 1.00 e. The summed E-state index contributed by atoms with van der Waals surface area (Å²) in [6.07, 6.45) is 3.81. The molecule has 0 saturated heterocycles. The highest BCUT2D eigenvalue weighted by molar-refractivity contribution is 6.49. The summed E-state index contributed by atoms with van der Waals surface area (Å²) in [6.45, 7) is 8.27. The summed E-state index contributed by atoms with van der Waals surface area (Å²) in [5, 5.41) is 4.31.